The molecule has 3 heterocycles. The highest BCUT2D eigenvalue weighted by atomic mass is 32.1. The SMILES string of the molecule is Cc1ccc(-c2sc(-c3ccccc3)nc2CC(=O)Nc2ccc(-c3nnc4n3CCCCC4)cc2)cc1. The molecule has 190 valence electrons. The lowest BCUT2D eigenvalue weighted by Gasteiger charge is -2.09. The number of aromatic nitrogens is 4. The lowest BCUT2D eigenvalue weighted by Crippen LogP contribution is -2.15. The van der Waals surface area contributed by atoms with Crippen molar-refractivity contribution in [2.24, 2.45) is 0 Å². The summed E-state index contributed by atoms with van der Waals surface area (Å²) in [5, 5.41) is 12.8. The largest absolute Gasteiger partial charge is 0.326 e. The zero-order chi connectivity index (χ0) is 25.9. The molecule has 0 atom stereocenters. The molecule has 0 saturated heterocycles. The molecule has 0 fully saturated rings. The van der Waals surface area contributed by atoms with Gasteiger partial charge in [-0.3, -0.25) is 4.79 Å². The van der Waals surface area contributed by atoms with Crippen molar-refractivity contribution in [3.63, 3.8) is 0 Å². The maximum Gasteiger partial charge on any atom is 0.230 e. The Morgan fingerprint density at radius 1 is 0.868 bits per heavy atom. The summed E-state index contributed by atoms with van der Waals surface area (Å²) in [4.78, 5) is 19.1. The first-order valence-electron chi connectivity index (χ1n) is 13.1. The summed E-state index contributed by atoms with van der Waals surface area (Å²) >= 11 is 1.63. The number of carbonyl (C=O) groups excluding carboxylic acids is 1. The molecule has 0 saturated carbocycles. The highest BCUT2D eigenvalue weighted by Gasteiger charge is 2.19. The Balaban J connectivity index is 1.21. The normalized spacial score (nSPS) is 13.1. The lowest BCUT2D eigenvalue weighted by atomic mass is 10.1. The summed E-state index contributed by atoms with van der Waals surface area (Å²) in [5.74, 6) is 1.88. The summed E-state index contributed by atoms with van der Waals surface area (Å²) in [7, 11) is 0. The third-order valence-electron chi connectivity index (χ3n) is 6.90. The van der Waals surface area contributed by atoms with Crippen LogP contribution in [0.5, 0.6) is 0 Å². The number of thiazole rings is 1. The van der Waals surface area contributed by atoms with E-state index in [-0.39, 0.29) is 12.3 Å². The number of aryl methyl sites for hydroxylation is 2. The minimum absolute atomic E-state index is 0.0904. The van der Waals surface area contributed by atoms with Crippen LogP contribution in [0.15, 0.2) is 78.9 Å². The van der Waals surface area contributed by atoms with Crippen LogP contribution in [0.1, 0.15) is 36.3 Å². The molecule has 2 aromatic heterocycles. The molecule has 0 aliphatic carbocycles. The maximum atomic E-state index is 13.1. The third-order valence-corrected chi connectivity index (χ3v) is 8.09. The van der Waals surface area contributed by atoms with Gasteiger partial charge in [-0.15, -0.1) is 21.5 Å². The maximum absolute atomic E-state index is 13.1. The van der Waals surface area contributed by atoms with Gasteiger partial charge in [0, 0.05) is 29.8 Å². The Morgan fingerprint density at radius 2 is 1.63 bits per heavy atom. The predicted molar refractivity (Wildman–Crippen MR) is 153 cm³/mol. The second-order valence-electron chi connectivity index (χ2n) is 9.73. The first kappa shape index (κ1) is 24.2. The van der Waals surface area contributed by atoms with Gasteiger partial charge in [0.25, 0.3) is 0 Å². The van der Waals surface area contributed by atoms with Crippen molar-refractivity contribution in [1.82, 2.24) is 19.7 Å². The minimum atomic E-state index is -0.0904. The summed E-state index contributed by atoms with van der Waals surface area (Å²) in [6, 6.07) is 26.4. The zero-order valence-electron chi connectivity index (χ0n) is 21.4. The Hall–Kier alpha value is -4.10. The Labute approximate surface area is 226 Å². The molecule has 0 bridgehead atoms. The number of benzene rings is 3. The smallest absolute Gasteiger partial charge is 0.230 e. The van der Waals surface area contributed by atoms with E-state index in [1.54, 1.807) is 11.3 Å². The standard InChI is InChI=1S/C31H29N5OS/c1-21-11-13-22(14-12-21)29-26(33-31(38-29)24-8-4-2-5-9-24)20-28(37)32-25-17-15-23(16-18-25)30-35-34-27-10-6-3-7-19-36(27)30/h2,4-5,8-9,11-18H,3,6-7,10,19-20H2,1H3,(H,32,37). The molecule has 3 aromatic carbocycles. The molecule has 1 N–H and O–H groups in total. The number of hydrogen-bond acceptors (Lipinski definition) is 5. The monoisotopic (exact) mass is 519 g/mol. The van der Waals surface area contributed by atoms with Gasteiger partial charge in [-0.2, -0.15) is 0 Å². The highest BCUT2D eigenvalue weighted by Crippen LogP contribution is 2.36. The summed E-state index contributed by atoms with van der Waals surface area (Å²) in [6.45, 7) is 3.03. The summed E-state index contributed by atoms with van der Waals surface area (Å²) in [5.41, 5.74) is 5.89. The van der Waals surface area contributed by atoms with E-state index in [1.165, 1.54) is 18.4 Å². The average Bonchev–Trinajstić information content (AvgIpc) is 3.46. The number of nitrogens with zero attached hydrogens (tertiary/aromatic N) is 4. The van der Waals surface area contributed by atoms with Crippen molar-refractivity contribution >= 4 is 22.9 Å². The summed E-state index contributed by atoms with van der Waals surface area (Å²) < 4.78 is 2.24. The fourth-order valence-corrected chi connectivity index (χ4v) is 5.96. The third kappa shape index (κ3) is 5.15. The van der Waals surface area contributed by atoms with Crippen LogP contribution >= 0.6 is 11.3 Å². The van der Waals surface area contributed by atoms with Crippen LogP contribution in [0.25, 0.3) is 32.4 Å². The average molecular weight is 520 g/mol. The van der Waals surface area contributed by atoms with Crippen molar-refractivity contribution in [2.75, 3.05) is 5.32 Å². The van der Waals surface area contributed by atoms with Crippen LogP contribution in [0.4, 0.5) is 5.69 Å². The number of anilines is 1. The van der Waals surface area contributed by atoms with Crippen molar-refractivity contribution in [3.8, 4) is 32.4 Å². The Kier molecular flexibility index (Phi) is 6.84. The molecular formula is C31H29N5OS. The van der Waals surface area contributed by atoms with Crippen LogP contribution in [0.2, 0.25) is 0 Å². The molecule has 0 unspecified atom stereocenters. The first-order chi connectivity index (χ1) is 18.6. The van der Waals surface area contributed by atoms with Crippen molar-refractivity contribution in [3.05, 3.63) is 95.9 Å². The van der Waals surface area contributed by atoms with Gasteiger partial charge in [0.15, 0.2) is 5.82 Å². The van der Waals surface area contributed by atoms with Gasteiger partial charge in [-0.05, 0) is 49.6 Å². The van der Waals surface area contributed by atoms with Crippen LogP contribution < -0.4 is 5.32 Å². The number of carbonyl (C=O) groups is 1. The van der Waals surface area contributed by atoms with Gasteiger partial charge in [-0.1, -0.05) is 66.6 Å². The number of fused-ring (bicyclic) bond motifs is 1. The number of nitrogens with one attached hydrogen (secondary N) is 1. The summed E-state index contributed by atoms with van der Waals surface area (Å²) in [6.07, 6.45) is 4.73. The van der Waals surface area contributed by atoms with Crippen molar-refractivity contribution in [2.45, 2.75) is 45.6 Å². The number of rotatable bonds is 6. The first-order valence-corrected chi connectivity index (χ1v) is 13.9. The fourth-order valence-electron chi connectivity index (χ4n) is 4.86. The van der Waals surface area contributed by atoms with Gasteiger partial charge in [-0.25, -0.2) is 4.98 Å². The predicted octanol–water partition coefficient (Wildman–Crippen LogP) is 6.95. The minimum Gasteiger partial charge on any atom is -0.326 e. The van der Waals surface area contributed by atoms with E-state index >= 15 is 0 Å². The fraction of sp³-hybridized carbons (Fsp3) is 0.226. The van der Waals surface area contributed by atoms with Crippen LogP contribution in [0.3, 0.4) is 0 Å². The van der Waals surface area contributed by atoms with Crippen LogP contribution in [-0.4, -0.2) is 25.7 Å². The van der Waals surface area contributed by atoms with Crippen molar-refractivity contribution < 1.29 is 4.79 Å². The van der Waals surface area contributed by atoms with Gasteiger partial charge in [0.05, 0.1) is 17.0 Å². The van der Waals surface area contributed by atoms with E-state index in [2.05, 4.69) is 63.4 Å². The second-order valence-corrected chi connectivity index (χ2v) is 10.7. The van der Waals surface area contributed by atoms with E-state index in [0.29, 0.717) is 0 Å². The molecule has 1 aliphatic heterocycles. The molecule has 1 amide bonds. The number of hydrogen-bond donors (Lipinski definition) is 1. The van der Waals surface area contributed by atoms with E-state index in [0.717, 1.165) is 69.0 Å². The quantitative estimate of drug-likeness (QED) is 0.263. The molecule has 6 nitrogen and oxygen atoms in total. The molecule has 0 spiro atoms. The lowest BCUT2D eigenvalue weighted by molar-refractivity contribution is -0.115. The highest BCUT2D eigenvalue weighted by molar-refractivity contribution is 7.18. The van der Waals surface area contributed by atoms with Gasteiger partial charge in [0.1, 0.15) is 10.8 Å². The molecule has 6 rings (SSSR count). The molecule has 5 aromatic rings. The van der Waals surface area contributed by atoms with Crippen LogP contribution in [0, 0.1) is 6.92 Å². The van der Waals surface area contributed by atoms with Gasteiger partial charge >= 0.3 is 0 Å². The van der Waals surface area contributed by atoms with Gasteiger partial charge in [0.2, 0.25) is 5.91 Å². The Morgan fingerprint density at radius 3 is 2.42 bits per heavy atom. The second kappa shape index (κ2) is 10.7. The zero-order valence-corrected chi connectivity index (χ0v) is 22.2. The van der Waals surface area contributed by atoms with Gasteiger partial charge < -0.3 is 9.88 Å². The van der Waals surface area contributed by atoms with Crippen LogP contribution in [-0.2, 0) is 24.2 Å². The Bertz CT molecular complexity index is 1550. The van der Waals surface area contributed by atoms with E-state index in [9.17, 15) is 4.79 Å². The van der Waals surface area contributed by atoms with Crippen molar-refractivity contribution in [1.29, 1.82) is 0 Å². The molecule has 7 heteroatoms. The number of amides is 1. The molecule has 38 heavy (non-hydrogen) atoms. The molecule has 0 radical (unpaired) electrons. The van der Waals surface area contributed by atoms with E-state index in [4.69, 9.17) is 4.98 Å². The molecule has 1 aliphatic rings. The molecular weight excluding hydrogens is 490 g/mol. The van der Waals surface area contributed by atoms with E-state index < -0.39 is 0 Å². The van der Waals surface area contributed by atoms with E-state index in [1.807, 2.05) is 42.5 Å². The topological polar surface area (TPSA) is 72.7 Å².